The number of hydrogen-bond acceptors (Lipinski definition) is 3. The molecule has 0 spiro atoms. The van der Waals surface area contributed by atoms with Gasteiger partial charge in [0.25, 0.3) is 5.91 Å². The number of benzene rings is 1. The third-order valence-electron chi connectivity index (χ3n) is 4.71. The molecule has 0 radical (unpaired) electrons. The fraction of sp³-hybridized carbons (Fsp3) is 0.562. The summed E-state index contributed by atoms with van der Waals surface area (Å²) in [6.07, 6.45) is 3.08. The molecule has 2 saturated heterocycles. The Labute approximate surface area is 140 Å². The van der Waals surface area contributed by atoms with E-state index in [9.17, 15) is 9.90 Å². The maximum absolute atomic E-state index is 12.6. The van der Waals surface area contributed by atoms with Gasteiger partial charge >= 0.3 is 0 Å². The minimum absolute atomic E-state index is 0.147. The first-order chi connectivity index (χ1) is 10.6. The van der Waals surface area contributed by atoms with E-state index in [1.165, 1.54) is 12.1 Å². The predicted octanol–water partition coefficient (Wildman–Crippen LogP) is 3.59. The van der Waals surface area contributed by atoms with Gasteiger partial charge in [-0.05, 0) is 43.2 Å². The lowest BCUT2D eigenvalue weighted by Crippen LogP contribution is -2.40. The number of carbonyl (C=O) groups excluding carboxylic acids is 1. The van der Waals surface area contributed by atoms with Crippen molar-refractivity contribution in [2.75, 3.05) is 26.3 Å². The van der Waals surface area contributed by atoms with Crippen LogP contribution in [0.1, 0.15) is 29.6 Å². The highest BCUT2D eigenvalue weighted by Gasteiger charge is 2.32. The molecule has 1 aromatic carbocycles. The van der Waals surface area contributed by atoms with Crippen LogP contribution in [0.2, 0.25) is 10.0 Å². The van der Waals surface area contributed by atoms with Crippen LogP contribution in [0.4, 0.5) is 0 Å². The molecule has 22 heavy (non-hydrogen) atoms. The fourth-order valence-corrected chi connectivity index (χ4v) is 3.99. The maximum atomic E-state index is 12.6. The Bertz CT molecular complexity index is 542. The number of piperidine rings is 1. The molecule has 1 atom stereocenters. The minimum Gasteiger partial charge on any atom is -0.507 e. The van der Waals surface area contributed by atoms with Crippen LogP contribution in [0, 0.1) is 11.8 Å². The second-order valence-corrected chi connectivity index (χ2v) is 6.88. The van der Waals surface area contributed by atoms with Gasteiger partial charge < -0.3 is 14.7 Å². The molecular formula is C16H19Cl2NO3. The molecule has 1 unspecified atom stereocenters. The number of phenols is 1. The number of nitrogens with zero attached hydrogens (tertiary/aromatic N) is 1. The van der Waals surface area contributed by atoms with Crippen LogP contribution in [-0.4, -0.2) is 42.2 Å². The van der Waals surface area contributed by atoms with Crippen molar-refractivity contribution in [1.29, 1.82) is 0 Å². The number of amides is 1. The van der Waals surface area contributed by atoms with E-state index in [4.69, 9.17) is 27.9 Å². The molecule has 120 valence electrons. The Kier molecular flexibility index (Phi) is 4.81. The lowest BCUT2D eigenvalue weighted by Gasteiger charge is -2.34. The third-order valence-corrected chi connectivity index (χ3v) is 5.22. The summed E-state index contributed by atoms with van der Waals surface area (Å²) >= 11 is 11.9. The number of aromatic hydroxyl groups is 1. The Morgan fingerprint density at radius 1 is 1.18 bits per heavy atom. The topological polar surface area (TPSA) is 49.8 Å². The van der Waals surface area contributed by atoms with Crippen LogP contribution in [0.5, 0.6) is 5.75 Å². The van der Waals surface area contributed by atoms with E-state index in [0.29, 0.717) is 29.9 Å². The lowest BCUT2D eigenvalue weighted by molar-refractivity contribution is 0.0646. The van der Waals surface area contributed by atoms with Crippen LogP contribution in [0.3, 0.4) is 0 Å². The first-order valence-electron chi connectivity index (χ1n) is 7.61. The third kappa shape index (κ3) is 3.19. The van der Waals surface area contributed by atoms with Gasteiger partial charge in [-0.1, -0.05) is 23.2 Å². The molecule has 3 rings (SSSR count). The van der Waals surface area contributed by atoms with E-state index >= 15 is 0 Å². The molecule has 1 N–H and O–H groups in total. The van der Waals surface area contributed by atoms with Crippen molar-refractivity contribution in [1.82, 2.24) is 4.90 Å². The van der Waals surface area contributed by atoms with Gasteiger partial charge in [-0.2, -0.15) is 0 Å². The zero-order valence-electron chi connectivity index (χ0n) is 12.2. The molecule has 4 nitrogen and oxygen atoms in total. The first kappa shape index (κ1) is 15.9. The van der Waals surface area contributed by atoms with E-state index in [-0.39, 0.29) is 22.2 Å². The normalized spacial score (nSPS) is 23.0. The van der Waals surface area contributed by atoms with Crippen LogP contribution >= 0.6 is 23.2 Å². The maximum Gasteiger partial charge on any atom is 0.259 e. The van der Waals surface area contributed by atoms with Crippen LogP contribution in [-0.2, 0) is 4.74 Å². The minimum atomic E-state index is -0.222. The number of ether oxygens (including phenoxy) is 1. The number of phenolic OH excluding ortho intramolecular Hbond substituents is 1. The van der Waals surface area contributed by atoms with E-state index in [2.05, 4.69) is 0 Å². The smallest absolute Gasteiger partial charge is 0.259 e. The number of carbonyl (C=O) groups is 1. The molecule has 1 aromatic rings. The van der Waals surface area contributed by atoms with Gasteiger partial charge in [-0.3, -0.25) is 4.79 Å². The van der Waals surface area contributed by atoms with Gasteiger partial charge in [-0.15, -0.1) is 0 Å². The molecular weight excluding hydrogens is 325 g/mol. The van der Waals surface area contributed by atoms with Crippen molar-refractivity contribution >= 4 is 29.1 Å². The predicted molar refractivity (Wildman–Crippen MR) is 85.7 cm³/mol. The Morgan fingerprint density at radius 2 is 1.91 bits per heavy atom. The van der Waals surface area contributed by atoms with Gasteiger partial charge in [0.15, 0.2) is 0 Å². The highest BCUT2D eigenvalue weighted by atomic mass is 35.5. The lowest BCUT2D eigenvalue weighted by atomic mass is 9.84. The SMILES string of the molecule is O=C(c1c(O)cc(Cl)cc1Cl)N1CCC(C2CCOC2)CC1. The van der Waals surface area contributed by atoms with Crippen molar-refractivity contribution in [2.24, 2.45) is 11.8 Å². The summed E-state index contributed by atoms with van der Waals surface area (Å²) in [7, 11) is 0. The van der Waals surface area contributed by atoms with Gasteiger partial charge in [-0.25, -0.2) is 0 Å². The van der Waals surface area contributed by atoms with Gasteiger partial charge in [0.2, 0.25) is 0 Å². The van der Waals surface area contributed by atoms with Crippen molar-refractivity contribution in [3.63, 3.8) is 0 Å². The average molecular weight is 344 g/mol. The molecule has 2 fully saturated rings. The largest absolute Gasteiger partial charge is 0.507 e. The summed E-state index contributed by atoms with van der Waals surface area (Å²) in [5, 5.41) is 10.5. The van der Waals surface area contributed by atoms with Crippen molar-refractivity contribution in [3.8, 4) is 5.75 Å². The first-order valence-corrected chi connectivity index (χ1v) is 8.37. The molecule has 6 heteroatoms. The summed E-state index contributed by atoms with van der Waals surface area (Å²) < 4.78 is 5.45. The van der Waals surface area contributed by atoms with Crippen molar-refractivity contribution in [2.45, 2.75) is 19.3 Å². The molecule has 2 heterocycles. The Hall–Kier alpha value is -0.970. The number of rotatable bonds is 2. The van der Waals surface area contributed by atoms with Crippen molar-refractivity contribution < 1.29 is 14.6 Å². The van der Waals surface area contributed by atoms with Crippen LogP contribution in [0.25, 0.3) is 0 Å². The molecule has 1 amide bonds. The standard InChI is InChI=1S/C16H19Cl2NO3/c17-12-7-13(18)15(14(20)8-12)16(21)19-4-1-10(2-5-19)11-3-6-22-9-11/h7-8,10-11,20H,1-6,9H2. The molecule has 0 bridgehead atoms. The number of hydrogen-bond donors (Lipinski definition) is 1. The second kappa shape index (κ2) is 6.65. The molecule has 2 aliphatic rings. The van der Waals surface area contributed by atoms with E-state index in [1.54, 1.807) is 4.90 Å². The highest BCUT2D eigenvalue weighted by molar-refractivity contribution is 6.37. The zero-order chi connectivity index (χ0) is 15.7. The molecule has 0 saturated carbocycles. The highest BCUT2D eigenvalue weighted by Crippen LogP contribution is 2.34. The van der Waals surface area contributed by atoms with E-state index in [0.717, 1.165) is 32.5 Å². The Balaban J connectivity index is 1.67. The number of likely N-dealkylation sites (tertiary alicyclic amines) is 1. The molecule has 0 aromatic heterocycles. The second-order valence-electron chi connectivity index (χ2n) is 6.04. The van der Waals surface area contributed by atoms with Gasteiger partial charge in [0.1, 0.15) is 5.75 Å². The summed E-state index contributed by atoms with van der Waals surface area (Å²) in [6.45, 7) is 3.09. The monoisotopic (exact) mass is 343 g/mol. The summed E-state index contributed by atoms with van der Waals surface area (Å²) in [5.74, 6) is 0.875. The van der Waals surface area contributed by atoms with Gasteiger partial charge in [0, 0.05) is 31.3 Å². The van der Waals surface area contributed by atoms with E-state index < -0.39 is 0 Å². The van der Waals surface area contributed by atoms with Crippen molar-refractivity contribution in [3.05, 3.63) is 27.7 Å². The average Bonchev–Trinajstić information content (AvgIpc) is 3.00. The van der Waals surface area contributed by atoms with E-state index in [1.807, 2.05) is 0 Å². The summed E-state index contributed by atoms with van der Waals surface area (Å²) in [6, 6.07) is 2.84. The quantitative estimate of drug-likeness (QED) is 0.892. The zero-order valence-corrected chi connectivity index (χ0v) is 13.7. The van der Waals surface area contributed by atoms with Crippen LogP contribution < -0.4 is 0 Å². The Morgan fingerprint density at radius 3 is 2.50 bits per heavy atom. The summed E-state index contributed by atoms with van der Waals surface area (Å²) in [5.41, 5.74) is 0.147. The molecule has 0 aliphatic carbocycles. The molecule has 2 aliphatic heterocycles. The summed E-state index contributed by atoms with van der Waals surface area (Å²) in [4.78, 5) is 14.4. The van der Waals surface area contributed by atoms with Gasteiger partial charge in [0.05, 0.1) is 10.6 Å². The number of halogens is 2. The fourth-order valence-electron chi connectivity index (χ4n) is 3.43. The van der Waals surface area contributed by atoms with Crippen LogP contribution in [0.15, 0.2) is 12.1 Å².